The molecule has 21 heavy (non-hydrogen) atoms. The molecule has 116 valence electrons. The fraction of sp³-hybridized carbons (Fsp3) is 0.533. The normalized spacial score (nSPS) is 21.3. The van der Waals surface area contributed by atoms with Gasteiger partial charge in [-0.2, -0.15) is 13.2 Å². The molecule has 2 nitrogen and oxygen atoms in total. The Balaban J connectivity index is 2.28. The summed E-state index contributed by atoms with van der Waals surface area (Å²) in [5.41, 5.74) is -1.32. The van der Waals surface area contributed by atoms with E-state index < -0.39 is 17.6 Å². The Bertz CT molecular complexity index is 554. The van der Waals surface area contributed by atoms with Gasteiger partial charge in [-0.3, -0.25) is 4.79 Å². The molecule has 1 saturated carbocycles. The quantitative estimate of drug-likeness (QED) is 0.804. The van der Waals surface area contributed by atoms with Gasteiger partial charge in [0.15, 0.2) is 0 Å². The van der Waals surface area contributed by atoms with Gasteiger partial charge in [0.1, 0.15) is 0 Å². The number of benzene rings is 1. The zero-order chi connectivity index (χ0) is 15.8. The van der Waals surface area contributed by atoms with E-state index in [-0.39, 0.29) is 17.0 Å². The lowest BCUT2D eigenvalue weighted by Gasteiger charge is -2.28. The minimum atomic E-state index is -4.55. The number of carbonyl (C=O) groups is 1. The molecule has 0 bridgehead atoms. The first-order valence-electron chi connectivity index (χ1n) is 6.79. The van der Waals surface area contributed by atoms with E-state index in [0.29, 0.717) is 4.47 Å². The molecule has 0 radical (unpaired) electrons. The van der Waals surface area contributed by atoms with E-state index in [4.69, 9.17) is 0 Å². The van der Waals surface area contributed by atoms with Crippen molar-refractivity contribution in [3.63, 3.8) is 0 Å². The average molecular weight is 364 g/mol. The van der Waals surface area contributed by atoms with Crippen molar-refractivity contribution in [3.05, 3.63) is 33.8 Å². The van der Waals surface area contributed by atoms with E-state index in [0.717, 1.165) is 25.3 Å². The van der Waals surface area contributed by atoms with Gasteiger partial charge in [0.25, 0.3) is 5.91 Å². The molecule has 1 aliphatic rings. The topological polar surface area (TPSA) is 29.1 Å². The van der Waals surface area contributed by atoms with Crippen LogP contribution in [0.1, 0.15) is 49.0 Å². The molecule has 1 aliphatic carbocycles. The highest BCUT2D eigenvalue weighted by molar-refractivity contribution is 9.10. The van der Waals surface area contributed by atoms with Gasteiger partial charge in [-0.25, -0.2) is 0 Å². The first-order chi connectivity index (χ1) is 9.61. The number of alkyl halides is 3. The van der Waals surface area contributed by atoms with Gasteiger partial charge in [-0.05, 0) is 36.5 Å². The minimum absolute atomic E-state index is 0.0799. The Morgan fingerprint density at radius 1 is 1.38 bits per heavy atom. The summed E-state index contributed by atoms with van der Waals surface area (Å²) in [6, 6.07) is 3.51. The van der Waals surface area contributed by atoms with Crippen LogP contribution in [0, 0.1) is 5.41 Å². The highest BCUT2D eigenvalue weighted by Crippen LogP contribution is 2.38. The Hall–Kier alpha value is -1.04. The first kappa shape index (κ1) is 16.3. The smallest absolute Gasteiger partial charge is 0.349 e. The molecule has 0 heterocycles. The monoisotopic (exact) mass is 363 g/mol. The van der Waals surface area contributed by atoms with Gasteiger partial charge in [-0.1, -0.05) is 36.2 Å². The van der Waals surface area contributed by atoms with E-state index in [1.54, 1.807) is 0 Å². The second-order valence-corrected chi connectivity index (χ2v) is 7.01. The summed E-state index contributed by atoms with van der Waals surface area (Å²) in [7, 11) is 0. The zero-order valence-corrected chi connectivity index (χ0v) is 13.4. The molecule has 1 aromatic rings. The molecule has 1 aromatic carbocycles. The van der Waals surface area contributed by atoms with Gasteiger partial charge >= 0.3 is 6.18 Å². The van der Waals surface area contributed by atoms with Gasteiger partial charge in [0.05, 0.1) is 11.1 Å². The third kappa shape index (κ3) is 3.59. The molecule has 6 heteroatoms. The molecule has 1 unspecified atom stereocenters. The zero-order valence-electron chi connectivity index (χ0n) is 11.9. The molecule has 2 rings (SSSR count). The molecular weight excluding hydrogens is 347 g/mol. The van der Waals surface area contributed by atoms with Gasteiger partial charge < -0.3 is 5.32 Å². The standard InChI is InChI=1S/C15H17BrF3NO/c1-14(2)7-3-4-12(14)20-13(21)10-6-5-9(16)8-11(10)15(17,18)19/h5-6,8,12H,3-4,7H2,1-2H3,(H,20,21). The molecule has 1 N–H and O–H groups in total. The number of halogens is 4. The van der Waals surface area contributed by atoms with Crippen molar-refractivity contribution >= 4 is 21.8 Å². The summed E-state index contributed by atoms with van der Waals surface area (Å²) in [4.78, 5) is 12.2. The second kappa shape index (κ2) is 5.63. The fourth-order valence-corrected chi connectivity index (χ4v) is 3.14. The maximum atomic E-state index is 13.1. The lowest BCUT2D eigenvalue weighted by molar-refractivity contribution is -0.138. The van der Waals surface area contributed by atoms with Crippen molar-refractivity contribution in [1.29, 1.82) is 0 Å². The number of carbonyl (C=O) groups excluding carboxylic acids is 1. The summed E-state index contributed by atoms with van der Waals surface area (Å²) < 4.78 is 39.5. The van der Waals surface area contributed by atoms with E-state index in [1.165, 1.54) is 12.1 Å². The molecule has 0 aliphatic heterocycles. The van der Waals surface area contributed by atoms with Crippen LogP contribution < -0.4 is 5.32 Å². The van der Waals surface area contributed by atoms with Crippen LogP contribution in [-0.4, -0.2) is 11.9 Å². The molecule has 1 amide bonds. The van der Waals surface area contributed by atoms with Crippen LogP contribution in [0.5, 0.6) is 0 Å². The molecule has 1 fully saturated rings. The Labute approximate surface area is 130 Å². The Morgan fingerprint density at radius 3 is 2.57 bits per heavy atom. The van der Waals surface area contributed by atoms with Crippen molar-refractivity contribution < 1.29 is 18.0 Å². The third-order valence-corrected chi connectivity index (χ3v) is 4.59. The lowest BCUT2D eigenvalue weighted by atomic mass is 9.87. The molecule has 1 atom stereocenters. The Kier molecular flexibility index (Phi) is 4.38. The van der Waals surface area contributed by atoms with Crippen LogP contribution in [-0.2, 0) is 6.18 Å². The average Bonchev–Trinajstić information content (AvgIpc) is 2.67. The summed E-state index contributed by atoms with van der Waals surface area (Å²) in [6.07, 6.45) is -1.81. The second-order valence-electron chi connectivity index (χ2n) is 6.09. The molecule has 0 aromatic heterocycles. The largest absolute Gasteiger partial charge is 0.417 e. The third-order valence-electron chi connectivity index (χ3n) is 4.09. The number of hydrogen-bond donors (Lipinski definition) is 1. The van der Waals surface area contributed by atoms with E-state index in [9.17, 15) is 18.0 Å². The summed E-state index contributed by atoms with van der Waals surface area (Å²) >= 11 is 3.01. The number of amides is 1. The van der Waals surface area contributed by atoms with Crippen LogP contribution in [0.3, 0.4) is 0 Å². The van der Waals surface area contributed by atoms with Crippen LogP contribution in [0.4, 0.5) is 13.2 Å². The van der Waals surface area contributed by atoms with Crippen molar-refractivity contribution in [2.24, 2.45) is 5.41 Å². The predicted molar refractivity (Wildman–Crippen MR) is 78.0 cm³/mol. The predicted octanol–water partition coefficient (Wildman–Crippen LogP) is 4.78. The Morgan fingerprint density at radius 2 is 2.05 bits per heavy atom. The van der Waals surface area contributed by atoms with Gasteiger partial charge in [0.2, 0.25) is 0 Å². The number of nitrogens with one attached hydrogen (secondary N) is 1. The SMILES string of the molecule is CC1(C)CCCC1NC(=O)c1ccc(Br)cc1C(F)(F)F. The number of rotatable bonds is 2. The first-order valence-corrected chi connectivity index (χ1v) is 7.58. The summed E-state index contributed by atoms with van der Waals surface area (Å²) in [5.74, 6) is -0.658. The lowest BCUT2D eigenvalue weighted by Crippen LogP contribution is -2.42. The molecule has 0 saturated heterocycles. The minimum Gasteiger partial charge on any atom is -0.349 e. The van der Waals surface area contributed by atoms with Crippen LogP contribution in [0.15, 0.2) is 22.7 Å². The van der Waals surface area contributed by atoms with E-state index >= 15 is 0 Å². The highest BCUT2D eigenvalue weighted by Gasteiger charge is 2.38. The number of hydrogen-bond acceptors (Lipinski definition) is 1. The molecule has 0 spiro atoms. The van der Waals surface area contributed by atoms with Crippen LogP contribution >= 0.6 is 15.9 Å². The summed E-state index contributed by atoms with van der Waals surface area (Å²) in [6.45, 7) is 4.05. The van der Waals surface area contributed by atoms with E-state index in [1.807, 2.05) is 13.8 Å². The van der Waals surface area contributed by atoms with Crippen molar-refractivity contribution in [1.82, 2.24) is 5.32 Å². The van der Waals surface area contributed by atoms with Crippen molar-refractivity contribution in [2.75, 3.05) is 0 Å². The fourth-order valence-electron chi connectivity index (χ4n) is 2.78. The highest BCUT2D eigenvalue weighted by atomic mass is 79.9. The van der Waals surface area contributed by atoms with Crippen LogP contribution in [0.2, 0.25) is 0 Å². The van der Waals surface area contributed by atoms with Crippen LogP contribution in [0.25, 0.3) is 0 Å². The maximum absolute atomic E-state index is 13.1. The van der Waals surface area contributed by atoms with E-state index in [2.05, 4.69) is 21.2 Å². The van der Waals surface area contributed by atoms with Gasteiger partial charge in [-0.15, -0.1) is 0 Å². The van der Waals surface area contributed by atoms with Crippen molar-refractivity contribution in [2.45, 2.75) is 45.3 Å². The molecular formula is C15H17BrF3NO. The maximum Gasteiger partial charge on any atom is 0.417 e. The van der Waals surface area contributed by atoms with Crippen molar-refractivity contribution in [3.8, 4) is 0 Å². The summed E-state index contributed by atoms with van der Waals surface area (Å²) in [5, 5.41) is 2.76. The van der Waals surface area contributed by atoms with Gasteiger partial charge in [0, 0.05) is 10.5 Å².